The van der Waals surface area contributed by atoms with Gasteiger partial charge in [0.15, 0.2) is 0 Å². The summed E-state index contributed by atoms with van der Waals surface area (Å²) in [4.78, 5) is 37.7. The lowest BCUT2D eigenvalue weighted by Gasteiger charge is -2.31. The summed E-state index contributed by atoms with van der Waals surface area (Å²) in [5.41, 5.74) is 0.433. The molecule has 1 fully saturated rings. The van der Waals surface area contributed by atoms with Gasteiger partial charge in [-0.15, -0.1) is 0 Å². The summed E-state index contributed by atoms with van der Waals surface area (Å²) in [6, 6.07) is 4.94. The average Bonchev–Trinajstić information content (AvgIpc) is 2.68. The predicted octanol–water partition coefficient (Wildman–Crippen LogP) is 1.77. The smallest absolute Gasteiger partial charge is 0.409 e. The maximum absolute atomic E-state index is 12.2. The molecule has 1 aliphatic heterocycles. The van der Waals surface area contributed by atoms with Crippen LogP contribution >= 0.6 is 0 Å². The lowest BCUT2D eigenvalue weighted by atomic mass is 10.1. The van der Waals surface area contributed by atoms with Crippen molar-refractivity contribution in [3.63, 3.8) is 0 Å². The van der Waals surface area contributed by atoms with Crippen LogP contribution in [0.1, 0.15) is 26.2 Å². The Hall–Kier alpha value is -2.97. The van der Waals surface area contributed by atoms with Crippen molar-refractivity contribution in [3.05, 3.63) is 18.2 Å². The quantitative estimate of drug-likeness (QED) is 0.684. The van der Waals surface area contributed by atoms with Crippen LogP contribution in [0.25, 0.3) is 0 Å². The van der Waals surface area contributed by atoms with Gasteiger partial charge in [-0.25, -0.2) is 4.79 Å². The van der Waals surface area contributed by atoms with Crippen LogP contribution in [-0.2, 0) is 14.3 Å². The number of nitrogens with zero attached hydrogens (tertiary/aromatic N) is 1. The van der Waals surface area contributed by atoms with Crippen molar-refractivity contribution in [2.24, 2.45) is 0 Å². The third-order valence-corrected chi connectivity index (χ3v) is 4.39. The van der Waals surface area contributed by atoms with Crippen molar-refractivity contribution in [1.29, 1.82) is 0 Å². The highest BCUT2D eigenvalue weighted by atomic mass is 16.6. The Morgan fingerprint density at radius 3 is 2.43 bits per heavy atom. The third kappa shape index (κ3) is 6.04. The van der Waals surface area contributed by atoms with E-state index in [1.165, 1.54) is 14.2 Å². The number of carbonyl (C=O) groups is 3. The summed E-state index contributed by atoms with van der Waals surface area (Å²) >= 11 is 0. The molecule has 2 N–H and O–H groups in total. The van der Waals surface area contributed by atoms with Crippen LogP contribution in [0.2, 0.25) is 0 Å². The molecule has 9 heteroatoms. The molecule has 1 aromatic carbocycles. The minimum absolute atomic E-state index is 0.0719. The maximum Gasteiger partial charge on any atom is 0.409 e. The number of anilines is 1. The van der Waals surface area contributed by atoms with Crippen LogP contribution < -0.4 is 20.1 Å². The first-order valence-corrected chi connectivity index (χ1v) is 9.19. The molecule has 28 heavy (non-hydrogen) atoms. The van der Waals surface area contributed by atoms with Gasteiger partial charge in [0.2, 0.25) is 11.8 Å². The fourth-order valence-corrected chi connectivity index (χ4v) is 2.95. The number of hydrogen-bond acceptors (Lipinski definition) is 6. The highest BCUT2D eigenvalue weighted by molar-refractivity contribution is 6.04. The van der Waals surface area contributed by atoms with Gasteiger partial charge in [-0.05, 0) is 31.9 Å². The lowest BCUT2D eigenvalue weighted by Crippen LogP contribution is -2.47. The van der Waals surface area contributed by atoms with Crippen LogP contribution in [0.3, 0.4) is 0 Å². The molecule has 3 amide bonds. The number of benzene rings is 1. The van der Waals surface area contributed by atoms with Crippen LogP contribution in [0.5, 0.6) is 11.5 Å². The Balaban J connectivity index is 1.81. The van der Waals surface area contributed by atoms with E-state index in [1.54, 1.807) is 30.0 Å². The summed E-state index contributed by atoms with van der Waals surface area (Å²) in [6.07, 6.45) is 0.600. The van der Waals surface area contributed by atoms with E-state index < -0.39 is 5.91 Å². The summed E-state index contributed by atoms with van der Waals surface area (Å²) in [5, 5.41) is 5.51. The molecular formula is C19H27N3O6. The number of rotatable bonds is 7. The molecule has 0 aliphatic carbocycles. The predicted molar refractivity (Wildman–Crippen MR) is 103 cm³/mol. The van der Waals surface area contributed by atoms with Crippen molar-refractivity contribution in [3.8, 4) is 11.5 Å². The number of carbonyl (C=O) groups excluding carboxylic acids is 3. The van der Waals surface area contributed by atoms with Crippen LogP contribution in [0.15, 0.2) is 18.2 Å². The molecule has 0 atom stereocenters. The lowest BCUT2D eigenvalue weighted by molar-refractivity contribution is -0.127. The number of piperidine rings is 1. The van der Waals surface area contributed by atoms with Gasteiger partial charge in [0.1, 0.15) is 17.9 Å². The Bertz CT molecular complexity index is 701. The number of hydrogen-bond donors (Lipinski definition) is 2. The number of ether oxygens (including phenoxy) is 3. The van der Waals surface area contributed by atoms with E-state index in [4.69, 9.17) is 14.2 Å². The molecule has 1 saturated heterocycles. The van der Waals surface area contributed by atoms with Crippen molar-refractivity contribution < 1.29 is 28.6 Å². The summed E-state index contributed by atoms with van der Waals surface area (Å²) in [5.74, 6) is 0.219. The zero-order chi connectivity index (χ0) is 20.5. The van der Waals surface area contributed by atoms with Gasteiger partial charge in [-0.2, -0.15) is 0 Å². The molecule has 2 rings (SSSR count). The molecular weight excluding hydrogens is 366 g/mol. The van der Waals surface area contributed by atoms with Gasteiger partial charge in [0.05, 0.1) is 26.5 Å². The molecule has 0 aromatic heterocycles. The summed E-state index contributed by atoms with van der Waals surface area (Å²) < 4.78 is 15.3. The molecule has 0 radical (unpaired) electrons. The van der Waals surface area contributed by atoms with E-state index in [0.717, 1.165) is 0 Å². The summed E-state index contributed by atoms with van der Waals surface area (Å²) in [7, 11) is 3.01. The number of amides is 3. The molecule has 1 aliphatic rings. The Kier molecular flexibility index (Phi) is 7.91. The Morgan fingerprint density at radius 1 is 1.11 bits per heavy atom. The Morgan fingerprint density at radius 2 is 1.82 bits per heavy atom. The molecule has 0 spiro atoms. The zero-order valence-electron chi connectivity index (χ0n) is 16.4. The molecule has 1 heterocycles. The SMILES string of the molecule is CCOC(=O)N1CCC(NC(=O)CC(=O)Nc2cc(OC)ccc2OC)CC1. The minimum atomic E-state index is -0.451. The zero-order valence-corrected chi connectivity index (χ0v) is 16.4. The normalized spacial score (nSPS) is 14.2. The Labute approximate surface area is 164 Å². The first kappa shape index (κ1) is 21.3. The van der Waals surface area contributed by atoms with Gasteiger partial charge in [-0.3, -0.25) is 9.59 Å². The van der Waals surface area contributed by atoms with Crippen molar-refractivity contribution >= 4 is 23.6 Å². The summed E-state index contributed by atoms with van der Waals surface area (Å²) in [6.45, 7) is 3.12. The van der Waals surface area contributed by atoms with Crippen molar-refractivity contribution in [2.75, 3.05) is 39.2 Å². The first-order chi connectivity index (χ1) is 13.5. The van der Waals surface area contributed by atoms with Gasteiger partial charge in [0, 0.05) is 25.2 Å². The fourth-order valence-electron chi connectivity index (χ4n) is 2.95. The van der Waals surface area contributed by atoms with E-state index in [1.807, 2.05) is 0 Å². The maximum atomic E-state index is 12.2. The van der Waals surface area contributed by atoms with Crippen molar-refractivity contribution in [1.82, 2.24) is 10.2 Å². The van der Waals surface area contributed by atoms with Gasteiger partial charge in [0.25, 0.3) is 0 Å². The molecule has 9 nitrogen and oxygen atoms in total. The van der Waals surface area contributed by atoms with E-state index in [0.29, 0.717) is 49.7 Å². The highest BCUT2D eigenvalue weighted by Crippen LogP contribution is 2.28. The van der Waals surface area contributed by atoms with Gasteiger partial charge >= 0.3 is 6.09 Å². The van der Waals surface area contributed by atoms with E-state index in [-0.39, 0.29) is 24.5 Å². The van der Waals surface area contributed by atoms with Crippen LogP contribution in [0.4, 0.5) is 10.5 Å². The average molecular weight is 393 g/mol. The van der Waals surface area contributed by atoms with Gasteiger partial charge < -0.3 is 29.7 Å². The largest absolute Gasteiger partial charge is 0.497 e. The molecule has 0 bridgehead atoms. The minimum Gasteiger partial charge on any atom is -0.497 e. The topological polar surface area (TPSA) is 106 Å². The van der Waals surface area contributed by atoms with Crippen LogP contribution in [-0.4, -0.2) is 62.8 Å². The van der Waals surface area contributed by atoms with Crippen LogP contribution in [0, 0.1) is 0 Å². The molecule has 0 unspecified atom stereocenters. The van der Waals surface area contributed by atoms with Crippen molar-refractivity contribution in [2.45, 2.75) is 32.2 Å². The molecule has 154 valence electrons. The second-order valence-electron chi connectivity index (χ2n) is 6.32. The second kappa shape index (κ2) is 10.4. The highest BCUT2D eigenvalue weighted by Gasteiger charge is 2.25. The molecule has 1 aromatic rings. The van der Waals surface area contributed by atoms with Gasteiger partial charge in [-0.1, -0.05) is 0 Å². The third-order valence-electron chi connectivity index (χ3n) is 4.39. The number of methoxy groups -OCH3 is 2. The standard InChI is InChI=1S/C19H27N3O6/c1-4-28-19(25)22-9-7-13(8-10-22)20-17(23)12-18(24)21-15-11-14(26-2)5-6-16(15)27-3/h5-6,11,13H,4,7-10,12H2,1-3H3,(H,20,23)(H,21,24). The van der Waals surface area contributed by atoms with E-state index in [9.17, 15) is 14.4 Å². The fraction of sp³-hybridized carbons (Fsp3) is 0.526. The monoisotopic (exact) mass is 393 g/mol. The number of nitrogens with one attached hydrogen (secondary N) is 2. The second-order valence-corrected chi connectivity index (χ2v) is 6.32. The molecule has 0 saturated carbocycles. The van der Waals surface area contributed by atoms with E-state index >= 15 is 0 Å². The first-order valence-electron chi connectivity index (χ1n) is 9.19. The van der Waals surface area contributed by atoms with E-state index in [2.05, 4.69) is 10.6 Å². The number of likely N-dealkylation sites (tertiary alicyclic amines) is 1.